The van der Waals surface area contributed by atoms with Crippen LogP contribution in [0.5, 0.6) is 5.75 Å². The SMILES string of the molecule is COC(=O)c1ccc2c(c1)C(c1c(C)cccc1OC)=CCC2. The van der Waals surface area contributed by atoms with E-state index >= 15 is 0 Å². The molecule has 2 aromatic carbocycles. The predicted molar refractivity (Wildman–Crippen MR) is 90.9 cm³/mol. The van der Waals surface area contributed by atoms with E-state index in [9.17, 15) is 4.79 Å². The minimum atomic E-state index is -0.311. The lowest BCUT2D eigenvalue weighted by atomic mass is 9.84. The summed E-state index contributed by atoms with van der Waals surface area (Å²) in [6.07, 6.45) is 4.19. The third kappa shape index (κ3) is 2.74. The maximum Gasteiger partial charge on any atom is 0.337 e. The molecule has 0 spiro atoms. The molecule has 0 atom stereocenters. The van der Waals surface area contributed by atoms with Crippen LogP contribution in [0.25, 0.3) is 5.57 Å². The highest BCUT2D eigenvalue weighted by Gasteiger charge is 2.20. The molecule has 3 rings (SSSR count). The highest BCUT2D eigenvalue weighted by atomic mass is 16.5. The Hall–Kier alpha value is -2.55. The van der Waals surface area contributed by atoms with Crippen LogP contribution in [0.1, 0.15) is 39.0 Å². The summed E-state index contributed by atoms with van der Waals surface area (Å²) in [6, 6.07) is 11.8. The van der Waals surface area contributed by atoms with Gasteiger partial charge in [-0.25, -0.2) is 4.79 Å². The lowest BCUT2D eigenvalue weighted by Crippen LogP contribution is -2.07. The molecule has 3 nitrogen and oxygen atoms in total. The number of fused-ring (bicyclic) bond motifs is 1. The minimum Gasteiger partial charge on any atom is -0.496 e. The summed E-state index contributed by atoms with van der Waals surface area (Å²) in [5.74, 6) is 0.544. The normalized spacial score (nSPS) is 13.1. The number of benzene rings is 2. The number of hydrogen-bond donors (Lipinski definition) is 0. The van der Waals surface area contributed by atoms with Gasteiger partial charge in [-0.2, -0.15) is 0 Å². The van der Waals surface area contributed by atoms with Crippen molar-refractivity contribution in [2.75, 3.05) is 14.2 Å². The molecule has 1 aliphatic carbocycles. The molecule has 0 heterocycles. The summed E-state index contributed by atoms with van der Waals surface area (Å²) in [5.41, 5.74) is 6.30. The fourth-order valence-corrected chi connectivity index (χ4v) is 3.16. The van der Waals surface area contributed by atoms with Crippen molar-refractivity contribution in [3.63, 3.8) is 0 Å². The first-order valence-electron chi connectivity index (χ1n) is 7.71. The van der Waals surface area contributed by atoms with Gasteiger partial charge in [0, 0.05) is 5.56 Å². The smallest absolute Gasteiger partial charge is 0.337 e. The number of carbonyl (C=O) groups is 1. The molecule has 0 amide bonds. The maximum atomic E-state index is 11.9. The van der Waals surface area contributed by atoms with E-state index in [1.54, 1.807) is 7.11 Å². The van der Waals surface area contributed by atoms with Crippen LogP contribution in [0.3, 0.4) is 0 Å². The first kappa shape index (κ1) is 15.3. The molecule has 2 aromatic rings. The topological polar surface area (TPSA) is 35.5 Å². The summed E-state index contributed by atoms with van der Waals surface area (Å²) >= 11 is 0. The monoisotopic (exact) mass is 308 g/mol. The maximum absolute atomic E-state index is 11.9. The van der Waals surface area contributed by atoms with Crippen LogP contribution < -0.4 is 4.74 Å². The number of esters is 1. The molecule has 0 saturated carbocycles. The Kier molecular flexibility index (Phi) is 4.20. The molecule has 0 bridgehead atoms. The van der Waals surface area contributed by atoms with E-state index < -0.39 is 0 Å². The quantitative estimate of drug-likeness (QED) is 0.798. The van der Waals surface area contributed by atoms with Gasteiger partial charge in [0.05, 0.1) is 19.8 Å². The molecule has 0 saturated heterocycles. The van der Waals surface area contributed by atoms with Crippen molar-refractivity contribution in [2.45, 2.75) is 19.8 Å². The first-order valence-corrected chi connectivity index (χ1v) is 7.71. The highest BCUT2D eigenvalue weighted by molar-refractivity contribution is 5.93. The van der Waals surface area contributed by atoms with Gasteiger partial charge in [-0.3, -0.25) is 0 Å². The van der Waals surface area contributed by atoms with Gasteiger partial charge >= 0.3 is 5.97 Å². The van der Waals surface area contributed by atoms with E-state index in [4.69, 9.17) is 9.47 Å². The minimum absolute atomic E-state index is 0.311. The van der Waals surface area contributed by atoms with Gasteiger partial charge in [0.1, 0.15) is 5.75 Å². The van der Waals surface area contributed by atoms with Crippen molar-refractivity contribution in [2.24, 2.45) is 0 Å². The molecule has 3 heteroatoms. The predicted octanol–water partition coefficient (Wildman–Crippen LogP) is 4.17. The van der Waals surface area contributed by atoms with Crippen LogP contribution >= 0.6 is 0 Å². The van der Waals surface area contributed by atoms with Gasteiger partial charge in [0.25, 0.3) is 0 Å². The number of methoxy groups -OCH3 is 2. The van der Waals surface area contributed by atoms with Crippen molar-refractivity contribution in [3.8, 4) is 5.75 Å². The molecule has 118 valence electrons. The molecular formula is C20H20O3. The van der Waals surface area contributed by atoms with E-state index in [2.05, 4.69) is 19.1 Å². The molecular weight excluding hydrogens is 288 g/mol. The Balaban J connectivity index is 2.18. The first-order chi connectivity index (χ1) is 11.2. The number of aryl methyl sites for hydroxylation is 2. The Labute approximate surface area is 136 Å². The molecule has 0 N–H and O–H groups in total. The van der Waals surface area contributed by atoms with E-state index in [1.807, 2.05) is 30.3 Å². The number of hydrogen-bond acceptors (Lipinski definition) is 3. The summed E-state index contributed by atoms with van der Waals surface area (Å²) < 4.78 is 10.4. The molecule has 0 aromatic heterocycles. The Morgan fingerprint density at radius 2 is 1.96 bits per heavy atom. The standard InChI is InChI=1S/C20H20O3/c1-13-6-4-9-18(22-2)19(13)16-8-5-7-14-10-11-15(12-17(14)16)20(21)23-3/h4,6,8-12H,5,7H2,1-3H3. The molecule has 0 radical (unpaired) electrons. The molecule has 0 aliphatic heterocycles. The van der Waals surface area contributed by atoms with Crippen molar-refractivity contribution in [1.82, 2.24) is 0 Å². The van der Waals surface area contributed by atoms with Crippen molar-refractivity contribution in [3.05, 3.63) is 70.3 Å². The van der Waals surface area contributed by atoms with E-state index in [0.29, 0.717) is 5.56 Å². The zero-order chi connectivity index (χ0) is 16.4. The van der Waals surface area contributed by atoms with E-state index in [1.165, 1.54) is 12.7 Å². The second kappa shape index (κ2) is 6.29. The summed E-state index contributed by atoms with van der Waals surface area (Å²) in [7, 11) is 3.09. The Morgan fingerprint density at radius 3 is 2.70 bits per heavy atom. The number of ether oxygens (including phenoxy) is 2. The van der Waals surface area contributed by atoms with Crippen molar-refractivity contribution >= 4 is 11.5 Å². The van der Waals surface area contributed by atoms with Gasteiger partial charge in [0.2, 0.25) is 0 Å². The second-order valence-electron chi connectivity index (χ2n) is 5.67. The van der Waals surface area contributed by atoms with Gasteiger partial charge in [-0.1, -0.05) is 24.3 Å². The lowest BCUT2D eigenvalue weighted by Gasteiger charge is -2.22. The van der Waals surface area contributed by atoms with Crippen molar-refractivity contribution in [1.29, 1.82) is 0 Å². The summed E-state index contributed by atoms with van der Waals surface area (Å²) in [4.78, 5) is 11.9. The van der Waals surface area contributed by atoms with Gasteiger partial charge < -0.3 is 9.47 Å². The van der Waals surface area contributed by atoms with Crippen LogP contribution in [0.4, 0.5) is 0 Å². The number of carbonyl (C=O) groups excluding carboxylic acids is 1. The second-order valence-corrected chi connectivity index (χ2v) is 5.67. The number of allylic oxidation sites excluding steroid dienone is 1. The molecule has 1 aliphatic rings. The Morgan fingerprint density at radius 1 is 1.13 bits per heavy atom. The van der Waals surface area contributed by atoms with Gasteiger partial charge in [0.15, 0.2) is 0 Å². The zero-order valence-corrected chi connectivity index (χ0v) is 13.7. The number of rotatable bonds is 3. The van der Waals surface area contributed by atoms with Crippen LogP contribution in [0.2, 0.25) is 0 Å². The van der Waals surface area contributed by atoms with Crippen LogP contribution in [0.15, 0.2) is 42.5 Å². The average Bonchev–Trinajstić information content (AvgIpc) is 2.60. The van der Waals surface area contributed by atoms with Crippen molar-refractivity contribution < 1.29 is 14.3 Å². The largest absolute Gasteiger partial charge is 0.496 e. The lowest BCUT2D eigenvalue weighted by molar-refractivity contribution is 0.0600. The fourth-order valence-electron chi connectivity index (χ4n) is 3.16. The summed E-state index contributed by atoms with van der Waals surface area (Å²) in [5, 5.41) is 0. The Bertz CT molecular complexity index is 787. The van der Waals surface area contributed by atoms with E-state index in [-0.39, 0.29) is 5.97 Å². The molecule has 23 heavy (non-hydrogen) atoms. The third-order valence-corrected chi connectivity index (χ3v) is 4.31. The zero-order valence-electron chi connectivity index (χ0n) is 13.7. The highest BCUT2D eigenvalue weighted by Crippen LogP contribution is 2.38. The van der Waals surface area contributed by atoms with Crippen LogP contribution in [-0.2, 0) is 11.2 Å². The summed E-state index contributed by atoms with van der Waals surface area (Å²) in [6.45, 7) is 2.08. The van der Waals surface area contributed by atoms with E-state index in [0.717, 1.165) is 40.9 Å². The molecule has 0 fully saturated rings. The van der Waals surface area contributed by atoms with Crippen LogP contribution in [0, 0.1) is 6.92 Å². The van der Waals surface area contributed by atoms with Gasteiger partial charge in [-0.05, 0) is 60.2 Å². The molecule has 0 unspecified atom stereocenters. The third-order valence-electron chi connectivity index (χ3n) is 4.31. The average molecular weight is 308 g/mol. The fraction of sp³-hybridized carbons (Fsp3) is 0.250. The van der Waals surface area contributed by atoms with Gasteiger partial charge in [-0.15, -0.1) is 0 Å². The van der Waals surface area contributed by atoms with Crippen LogP contribution in [-0.4, -0.2) is 20.2 Å².